The molecule has 0 aliphatic heterocycles. The summed E-state index contributed by atoms with van der Waals surface area (Å²) in [6.45, 7) is 0.747. The van der Waals surface area contributed by atoms with Gasteiger partial charge in [-0.05, 0) is 59.9 Å². The number of hydrogen-bond acceptors (Lipinski definition) is 2. The van der Waals surface area contributed by atoms with Crippen molar-refractivity contribution < 1.29 is 4.79 Å². The third-order valence-electron chi connectivity index (χ3n) is 3.95. The lowest BCUT2D eigenvalue weighted by Gasteiger charge is -2.35. The van der Waals surface area contributed by atoms with Crippen LogP contribution in [0.15, 0.2) is 18.2 Å². The van der Waals surface area contributed by atoms with Crippen LogP contribution in [0.3, 0.4) is 0 Å². The van der Waals surface area contributed by atoms with E-state index in [4.69, 9.17) is 11.6 Å². The molecule has 110 valence electrons. The van der Waals surface area contributed by atoms with E-state index in [0.29, 0.717) is 10.6 Å². The van der Waals surface area contributed by atoms with Crippen LogP contribution in [0.25, 0.3) is 0 Å². The van der Waals surface area contributed by atoms with Crippen LogP contribution in [0, 0.1) is 3.57 Å². The molecular weight excluding hydrogens is 405 g/mol. The minimum absolute atomic E-state index is 0.0256. The Bertz CT molecular complexity index is 489. The van der Waals surface area contributed by atoms with E-state index in [2.05, 4.69) is 34.2 Å². The Morgan fingerprint density at radius 1 is 1.40 bits per heavy atom. The number of rotatable bonds is 4. The zero-order valence-corrected chi connectivity index (χ0v) is 15.3. The van der Waals surface area contributed by atoms with Crippen molar-refractivity contribution in [3.05, 3.63) is 32.4 Å². The molecule has 1 aliphatic carbocycles. The Balaban J connectivity index is 1.98. The highest BCUT2D eigenvalue weighted by Gasteiger charge is 2.31. The summed E-state index contributed by atoms with van der Waals surface area (Å²) in [5.74, 6) is -0.0256. The van der Waals surface area contributed by atoms with Crippen molar-refractivity contribution in [2.45, 2.75) is 36.9 Å². The maximum absolute atomic E-state index is 12.2. The van der Waals surface area contributed by atoms with E-state index in [1.54, 1.807) is 6.07 Å². The van der Waals surface area contributed by atoms with E-state index >= 15 is 0 Å². The van der Waals surface area contributed by atoms with Crippen LogP contribution in [-0.2, 0) is 0 Å². The fourth-order valence-electron chi connectivity index (χ4n) is 2.63. The van der Waals surface area contributed by atoms with Gasteiger partial charge >= 0.3 is 0 Å². The molecule has 5 heteroatoms. The van der Waals surface area contributed by atoms with E-state index in [1.807, 2.05) is 23.9 Å². The molecule has 1 N–H and O–H groups in total. The average Bonchev–Trinajstić information content (AvgIpc) is 2.48. The van der Waals surface area contributed by atoms with E-state index in [-0.39, 0.29) is 10.7 Å². The molecule has 0 radical (unpaired) electrons. The van der Waals surface area contributed by atoms with Gasteiger partial charge < -0.3 is 5.32 Å². The summed E-state index contributed by atoms with van der Waals surface area (Å²) >= 11 is 10.1. The molecule has 1 aromatic carbocycles. The van der Waals surface area contributed by atoms with Gasteiger partial charge in [-0.25, -0.2) is 0 Å². The molecule has 0 spiro atoms. The largest absolute Gasteiger partial charge is 0.351 e. The molecule has 20 heavy (non-hydrogen) atoms. The summed E-state index contributed by atoms with van der Waals surface area (Å²) in [5.41, 5.74) is 0.641. The first kappa shape index (κ1) is 16.4. The van der Waals surface area contributed by atoms with Crippen molar-refractivity contribution in [2.75, 3.05) is 12.8 Å². The first-order valence-corrected chi connectivity index (χ1v) is 9.53. The summed E-state index contributed by atoms with van der Waals surface area (Å²) < 4.78 is 1.19. The van der Waals surface area contributed by atoms with Crippen LogP contribution >= 0.6 is 46.0 Å². The molecule has 0 saturated heterocycles. The second-order valence-corrected chi connectivity index (χ2v) is 8.10. The molecule has 1 saturated carbocycles. The molecule has 0 bridgehead atoms. The summed E-state index contributed by atoms with van der Waals surface area (Å²) in [5, 5.41) is 3.72. The van der Waals surface area contributed by atoms with Gasteiger partial charge in [0.1, 0.15) is 0 Å². The molecule has 0 atom stereocenters. The number of hydrogen-bond donors (Lipinski definition) is 1. The molecule has 0 aromatic heterocycles. The van der Waals surface area contributed by atoms with E-state index < -0.39 is 0 Å². The molecular formula is C15H19ClINOS. The fraction of sp³-hybridized carbons (Fsp3) is 0.533. The van der Waals surface area contributed by atoms with E-state index in [0.717, 1.165) is 10.1 Å². The third-order valence-corrected chi connectivity index (χ3v) is 6.94. The minimum Gasteiger partial charge on any atom is -0.351 e. The lowest BCUT2D eigenvalue weighted by molar-refractivity contribution is 0.0947. The topological polar surface area (TPSA) is 29.1 Å². The number of carbonyl (C=O) groups excluding carboxylic acids is 1. The smallest absolute Gasteiger partial charge is 0.251 e. The van der Waals surface area contributed by atoms with Crippen LogP contribution in [0.5, 0.6) is 0 Å². The predicted octanol–water partition coefficient (Wildman–Crippen LogP) is 4.74. The van der Waals surface area contributed by atoms with Crippen molar-refractivity contribution in [1.82, 2.24) is 5.32 Å². The lowest BCUT2D eigenvalue weighted by Crippen LogP contribution is -2.41. The molecule has 1 fully saturated rings. The quantitative estimate of drug-likeness (QED) is 0.709. The Kier molecular flexibility index (Phi) is 6.05. The Hall–Kier alpha value is 0.0600. The molecule has 1 aliphatic rings. The first-order valence-electron chi connectivity index (χ1n) is 6.85. The molecule has 2 nitrogen and oxygen atoms in total. The number of amides is 1. The van der Waals surface area contributed by atoms with E-state index in [1.165, 1.54) is 32.1 Å². The van der Waals surface area contributed by atoms with Gasteiger partial charge in [0.05, 0.1) is 5.02 Å². The van der Waals surface area contributed by atoms with Crippen LogP contribution in [0.4, 0.5) is 0 Å². The van der Waals surface area contributed by atoms with Crippen LogP contribution < -0.4 is 5.32 Å². The zero-order valence-electron chi connectivity index (χ0n) is 11.5. The summed E-state index contributed by atoms with van der Waals surface area (Å²) in [6, 6.07) is 5.45. The van der Waals surface area contributed by atoms with Gasteiger partial charge in [0, 0.05) is 20.4 Å². The monoisotopic (exact) mass is 423 g/mol. The normalized spacial score (nSPS) is 17.8. The second kappa shape index (κ2) is 7.36. The average molecular weight is 424 g/mol. The minimum atomic E-state index is -0.0256. The number of nitrogens with one attached hydrogen (secondary N) is 1. The molecule has 0 unspecified atom stereocenters. The van der Waals surface area contributed by atoms with Crippen molar-refractivity contribution in [3.63, 3.8) is 0 Å². The standard InChI is InChI=1S/C15H19ClINOS/c1-20-15(7-3-2-4-8-15)10-18-14(19)11-5-6-13(17)12(16)9-11/h5-6,9H,2-4,7-8,10H2,1H3,(H,18,19). The predicted molar refractivity (Wildman–Crippen MR) is 95.8 cm³/mol. The van der Waals surface area contributed by atoms with Crippen molar-refractivity contribution in [3.8, 4) is 0 Å². The van der Waals surface area contributed by atoms with Gasteiger partial charge in [0.25, 0.3) is 5.91 Å². The van der Waals surface area contributed by atoms with Crippen molar-refractivity contribution in [2.24, 2.45) is 0 Å². The van der Waals surface area contributed by atoms with Gasteiger partial charge in [-0.3, -0.25) is 4.79 Å². The number of carbonyl (C=O) groups is 1. The Labute approximate surface area is 143 Å². The number of halogens is 2. The number of thioether (sulfide) groups is 1. The van der Waals surface area contributed by atoms with Gasteiger partial charge in [-0.15, -0.1) is 0 Å². The lowest BCUT2D eigenvalue weighted by atomic mass is 9.88. The maximum atomic E-state index is 12.2. The van der Waals surface area contributed by atoms with Gasteiger partial charge in [-0.2, -0.15) is 11.8 Å². The maximum Gasteiger partial charge on any atom is 0.251 e. The molecule has 0 heterocycles. The summed E-state index contributed by atoms with van der Waals surface area (Å²) in [6.07, 6.45) is 8.41. The molecule has 1 aromatic rings. The Morgan fingerprint density at radius 3 is 2.70 bits per heavy atom. The first-order chi connectivity index (χ1) is 9.56. The molecule has 1 amide bonds. The van der Waals surface area contributed by atoms with Crippen LogP contribution in [0.1, 0.15) is 42.5 Å². The van der Waals surface area contributed by atoms with Crippen LogP contribution in [0.2, 0.25) is 5.02 Å². The van der Waals surface area contributed by atoms with Gasteiger partial charge in [0.15, 0.2) is 0 Å². The van der Waals surface area contributed by atoms with Crippen LogP contribution in [-0.4, -0.2) is 23.5 Å². The highest BCUT2D eigenvalue weighted by molar-refractivity contribution is 14.1. The SMILES string of the molecule is CSC1(CNC(=O)c2ccc(I)c(Cl)c2)CCCCC1. The summed E-state index contributed by atoms with van der Waals surface area (Å²) in [4.78, 5) is 12.2. The fourth-order valence-corrected chi connectivity index (χ4v) is 4.06. The number of benzene rings is 1. The van der Waals surface area contributed by atoms with Gasteiger partial charge in [-0.1, -0.05) is 30.9 Å². The third kappa shape index (κ3) is 4.04. The zero-order chi connectivity index (χ0) is 14.6. The second-order valence-electron chi connectivity index (χ2n) is 5.26. The summed E-state index contributed by atoms with van der Waals surface area (Å²) in [7, 11) is 0. The highest BCUT2D eigenvalue weighted by Crippen LogP contribution is 2.38. The van der Waals surface area contributed by atoms with Gasteiger partial charge in [0.2, 0.25) is 0 Å². The molecule has 2 rings (SSSR count). The van der Waals surface area contributed by atoms with E-state index in [9.17, 15) is 4.79 Å². The van der Waals surface area contributed by atoms with Crippen molar-refractivity contribution >= 4 is 51.9 Å². The Morgan fingerprint density at radius 2 is 2.10 bits per heavy atom. The highest BCUT2D eigenvalue weighted by atomic mass is 127. The van der Waals surface area contributed by atoms with Crippen molar-refractivity contribution in [1.29, 1.82) is 0 Å².